The van der Waals surface area contributed by atoms with Crippen LogP contribution in [0.4, 0.5) is 11.8 Å². The molecule has 0 aliphatic heterocycles. The van der Waals surface area contributed by atoms with E-state index < -0.39 is 23.8 Å². The molecule has 0 unspecified atom stereocenters. The zero-order valence-electron chi connectivity index (χ0n) is 8.58. The van der Waals surface area contributed by atoms with Gasteiger partial charge in [0.25, 0.3) is 0 Å². The number of carbonyl (C=O) groups is 4. The molecule has 0 saturated carbocycles. The fourth-order valence-corrected chi connectivity index (χ4v) is 0.813. The second kappa shape index (κ2) is 5.34. The number of hydrogen-bond acceptors (Lipinski definition) is 6. The van der Waals surface area contributed by atoms with Crippen molar-refractivity contribution in [1.29, 1.82) is 0 Å². The third-order valence-electron chi connectivity index (χ3n) is 1.51. The smallest absolute Gasteiger partial charge is 0.394 e. The second-order valence-electron chi connectivity index (χ2n) is 2.78. The Balaban J connectivity index is 2.80. The molecule has 1 aromatic heterocycles. The summed E-state index contributed by atoms with van der Waals surface area (Å²) in [5.74, 6) is -6.73. The van der Waals surface area contributed by atoms with Gasteiger partial charge in [0.1, 0.15) is 5.82 Å². The number of aliphatic carboxylic acids is 2. The summed E-state index contributed by atoms with van der Waals surface area (Å²) in [6, 6.07) is 1.16. The lowest BCUT2D eigenvalue weighted by molar-refractivity contribution is -0.147. The molecular weight excluding hydrogens is 248 g/mol. The minimum atomic E-state index is -1.74. The van der Waals surface area contributed by atoms with Gasteiger partial charge in [-0.25, -0.2) is 14.6 Å². The highest BCUT2D eigenvalue weighted by Gasteiger charge is 2.15. The number of amides is 2. The predicted octanol–water partition coefficient (Wildman–Crippen LogP) is -1.48. The molecular formula is C8H6N4O6. The molecule has 0 bridgehead atoms. The quantitative estimate of drug-likeness (QED) is 0.465. The lowest BCUT2D eigenvalue weighted by atomic mass is 10.5. The highest BCUT2D eigenvalue weighted by molar-refractivity contribution is 6.37. The van der Waals surface area contributed by atoms with Gasteiger partial charge in [0, 0.05) is 6.20 Å². The monoisotopic (exact) mass is 254 g/mol. The van der Waals surface area contributed by atoms with E-state index >= 15 is 0 Å². The summed E-state index contributed by atoms with van der Waals surface area (Å²) in [4.78, 5) is 49.1. The molecule has 4 N–H and O–H groups in total. The molecule has 0 aromatic carbocycles. The van der Waals surface area contributed by atoms with Gasteiger partial charge < -0.3 is 15.5 Å². The standard InChI is InChI=1S/C8H6N4O6/c13-4(6(15)16)10-3-1-2-9-8(11-3)12-5(14)7(17)18/h1-2H,(H,15,16)(H,17,18)(H2,9,10,11,12,13,14). The van der Waals surface area contributed by atoms with Crippen LogP contribution in [0.3, 0.4) is 0 Å². The maximum absolute atomic E-state index is 10.8. The first-order valence-electron chi connectivity index (χ1n) is 4.31. The number of nitrogens with zero attached hydrogens (tertiary/aromatic N) is 2. The zero-order chi connectivity index (χ0) is 13.7. The Bertz CT molecular complexity index is 485. The summed E-state index contributed by atoms with van der Waals surface area (Å²) in [6.45, 7) is 0. The van der Waals surface area contributed by atoms with E-state index in [9.17, 15) is 19.2 Å². The molecule has 10 nitrogen and oxygen atoms in total. The van der Waals surface area contributed by atoms with Crippen LogP contribution in [-0.4, -0.2) is 43.9 Å². The summed E-state index contributed by atoms with van der Waals surface area (Å²) in [6.07, 6.45) is 1.10. The Morgan fingerprint density at radius 2 is 1.56 bits per heavy atom. The van der Waals surface area contributed by atoms with Crippen molar-refractivity contribution in [3.05, 3.63) is 12.3 Å². The van der Waals surface area contributed by atoms with Gasteiger partial charge in [-0.05, 0) is 6.07 Å². The molecule has 0 aliphatic rings. The number of carbonyl (C=O) groups excluding carboxylic acids is 2. The first-order valence-corrected chi connectivity index (χ1v) is 4.31. The van der Waals surface area contributed by atoms with E-state index in [4.69, 9.17) is 10.2 Å². The van der Waals surface area contributed by atoms with Crippen LogP contribution >= 0.6 is 0 Å². The summed E-state index contributed by atoms with van der Waals surface area (Å²) in [5.41, 5.74) is 0. The van der Waals surface area contributed by atoms with Crippen LogP contribution in [0.2, 0.25) is 0 Å². The van der Waals surface area contributed by atoms with Crippen LogP contribution in [0, 0.1) is 0 Å². The molecule has 0 atom stereocenters. The average molecular weight is 254 g/mol. The molecule has 2 amide bonds. The molecule has 0 fully saturated rings. The van der Waals surface area contributed by atoms with Gasteiger partial charge in [0.15, 0.2) is 0 Å². The number of nitrogens with one attached hydrogen (secondary N) is 2. The third-order valence-corrected chi connectivity index (χ3v) is 1.51. The van der Waals surface area contributed by atoms with Crippen LogP contribution in [0.5, 0.6) is 0 Å². The number of carboxylic acids is 2. The van der Waals surface area contributed by atoms with Gasteiger partial charge in [0.05, 0.1) is 0 Å². The maximum Gasteiger partial charge on any atom is 0.394 e. The lowest BCUT2D eigenvalue weighted by Gasteiger charge is -2.03. The van der Waals surface area contributed by atoms with Crippen molar-refractivity contribution in [1.82, 2.24) is 9.97 Å². The molecule has 1 heterocycles. The second-order valence-corrected chi connectivity index (χ2v) is 2.78. The largest absolute Gasteiger partial charge is 0.474 e. The van der Waals surface area contributed by atoms with Gasteiger partial charge in [-0.3, -0.25) is 14.9 Å². The molecule has 0 spiro atoms. The van der Waals surface area contributed by atoms with Crippen molar-refractivity contribution in [2.45, 2.75) is 0 Å². The summed E-state index contributed by atoms with van der Waals surface area (Å²) >= 11 is 0. The summed E-state index contributed by atoms with van der Waals surface area (Å²) < 4.78 is 0. The highest BCUT2D eigenvalue weighted by Crippen LogP contribution is 2.05. The fraction of sp³-hybridized carbons (Fsp3) is 0. The number of anilines is 2. The summed E-state index contributed by atoms with van der Waals surface area (Å²) in [7, 11) is 0. The van der Waals surface area contributed by atoms with Crippen LogP contribution in [0.25, 0.3) is 0 Å². The van der Waals surface area contributed by atoms with E-state index in [2.05, 4.69) is 9.97 Å². The molecule has 0 radical (unpaired) electrons. The Labute approximate surface area is 98.7 Å². The van der Waals surface area contributed by atoms with Crippen LogP contribution < -0.4 is 10.6 Å². The summed E-state index contributed by atoms with van der Waals surface area (Å²) in [5, 5.41) is 20.4. The fourth-order valence-electron chi connectivity index (χ4n) is 0.813. The van der Waals surface area contributed by atoms with Gasteiger partial charge in [-0.1, -0.05) is 0 Å². The SMILES string of the molecule is O=C(O)C(=O)Nc1ccnc(NC(=O)C(=O)O)n1. The van der Waals surface area contributed by atoms with Crippen LogP contribution in [0.1, 0.15) is 0 Å². The number of hydrogen-bond donors (Lipinski definition) is 4. The molecule has 1 rings (SSSR count). The van der Waals surface area contributed by atoms with Crippen molar-refractivity contribution in [2.24, 2.45) is 0 Å². The van der Waals surface area contributed by atoms with E-state index in [-0.39, 0.29) is 11.8 Å². The number of carboxylic acid groups (broad SMARTS) is 2. The van der Waals surface area contributed by atoms with E-state index in [0.717, 1.165) is 12.3 Å². The van der Waals surface area contributed by atoms with Crippen molar-refractivity contribution in [3.8, 4) is 0 Å². The Kier molecular flexibility index (Phi) is 3.86. The Hall–Kier alpha value is -3.04. The van der Waals surface area contributed by atoms with E-state index in [1.54, 1.807) is 0 Å². The van der Waals surface area contributed by atoms with Crippen LogP contribution in [0.15, 0.2) is 12.3 Å². The maximum atomic E-state index is 10.8. The van der Waals surface area contributed by atoms with Crippen molar-refractivity contribution in [2.75, 3.05) is 10.6 Å². The molecule has 94 valence electrons. The molecule has 10 heteroatoms. The molecule has 18 heavy (non-hydrogen) atoms. The van der Waals surface area contributed by atoms with E-state index in [0.29, 0.717) is 0 Å². The first kappa shape index (κ1) is 13.0. The predicted molar refractivity (Wildman–Crippen MR) is 54.6 cm³/mol. The molecule has 0 saturated heterocycles. The Morgan fingerprint density at radius 3 is 2.11 bits per heavy atom. The van der Waals surface area contributed by atoms with Crippen molar-refractivity contribution in [3.63, 3.8) is 0 Å². The van der Waals surface area contributed by atoms with Crippen LogP contribution in [-0.2, 0) is 19.2 Å². The van der Waals surface area contributed by atoms with Crippen molar-refractivity contribution < 1.29 is 29.4 Å². The van der Waals surface area contributed by atoms with Gasteiger partial charge in [-0.2, -0.15) is 4.98 Å². The third kappa shape index (κ3) is 3.52. The van der Waals surface area contributed by atoms with Gasteiger partial charge in [0.2, 0.25) is 5.95 Å². The van der Waals surface area contributed by atoms with Gasteiger partial charge >= 0.3 is 23.8 Å². The Morgan fingerprint density at radius 1 is 1.00 bits per heavy atom. The lowest BCUT2D eigenvalue weighted by Crippen LogP contribution is -2.25. The topological polar surface area (TPSA) is 159 Å². The minimum Gasteiger partial charge on any atom is -0.474 e. The number of rotatable bonds is 2. The zero-order valence-corrected chi connectivity index (χ0v) is 8.58. The normalized spacial score (nSPS) is 9.33. The van der Waals surface area contributed by atoms with E-state index in [1.165, 1.54) is 0 Å². The van der Waals surface area contributed by atoms with Crippen molar-refractivity contribution >= 4 is 35.5 Å². The van der Waals surface area contributed by atoms with Gasteiger partial charge in [-0.15, -0.1) is 0 Å². The minimum absolute atomic E-state index is 0.196. The molecule has 0 aliphatic carbocycles. The van der Waals surface area contributed by atoms with E-state index in [1.807, 2.05) is 10.6 Å². The highest BCUT2D eigenvalue weighted by atomic mass is 16.4. The molecule has 1 aromatic rings. The number of aromatic nitrogens is 2. The average Bonchev–Trinajstić information content (AvgIpc) is 2.29. The first-order chi connectivity index (χ1) is 8.40.